The van der Waals surface area contributed by atoms with Crippen LogP contribution < -0.4 is 14.5 Å². The van der Waals surface area contributed by atoms with Gasteiger partial charge in [0.1, 0.15) is 5.75 Å². The van der Waals surface area contributed by atoms with Gasteiger partial charge in [0.25, 0.3) is 5.69 Å². The Labute approximate surface area is 207 Å². The Balaban J connectivity index is 1.23. The summed E-state index contributed by atoms with van der Waals surface area (Å²) >= 11 is 0. The molecule has 5 rings (SSSR count). The van der Waals surface area contributed by atoms with Gasteiger partial charge in [0.05, 0.1) is 28.4 Å². The van der Waals surface area contributed by atoms with Gasteiger partial charge in [-0.15, -0.1) is 0 Å². The summed E-state index contributed by atoms with van der Waals surface area (Å²) in [5.74, 6) is -1.74. The molecule has 2 aromatic carbocycles. The van der Waals surface area contributed by atoms with Crippen molar-refractivity contribution in [1.29, 1.82) is 0 Å². The number of carbonyl (C=O) groups excluding carboxylic acids is 4. The van der Waals surface area contributed by atoms with Gasteiger partial charge in [-0.05, 0) is 61.6 Å². The highest BCUT2D eigenvalue weighted by molar-refractivity contribution is 6.22. The number of anilines is 2. The van der Waals surface area contributed by atoms with Gasteiger partial charge >= 0.3 is 5.97 Å². The van der Waals surface area contributed by atoms with Gasteiger partial charge in [0.15, 0.2) is 0 Å². The van der Waals surface area contributed by atoms with Crippen molar-refractivity contribution >= 4 is 40.8 Å². The molecule has 36 heavy (non-hydrogen) atoms. The minimum atomic E-state index is -0.695. The summed E-state index contributed by atoms with van der Waals surface area (Å²) in [6.07, 6.45) is 2.35. The number of hydrogen-bond acceptors (Lipinski definition) is 7. The van der Waals surface area contributed by atoms with E-state index in [4.69, 9.17) is 4.74 Å². The zero-order valence-electron chi connectivity index (χ0n) is 19.7. The van der Waals surface area contributed by atoms with Crippen LogP contribution in [0.5, 0.6) is 5.75 Å². The summed E-state index contributed by atoms with van der Waals surface area (Å²) in [6, 6.07) is 11.8. The van der Waals surface area contributed by atoms with Crippen molar-refractivity contribution in [2.75, 3.05) is 16.3 Å². The number of nitrogens with zero attached hydrogens (tertiary/aromatic N) is 3. The monoisotopic (exact) mass is 491 g/mol. The highest BCUT2D eigenvalue weighted by atomic mass is 16.6. The minimum absolute atomic E-state index is 0.0358. The summed E-state index contributed by atoms with van der Waals surface area (Å²) in [5, 5.41) is 10.8. The summed E-state index contributed by atoms with van der Waals surface area (Å²) < 4.78 is 5.47. The molecule has 10 heteroatoms. The number of rotatable bonds is 5. The number of nitro groups is 1. The molecule has 4 atom stereocenters. The predicted octanol–water partition coefficient (Wildman–Crippen LogP) is 3.48. The maximum Gasteiger partial charge on any atom is 0.316 e. The summed E-state index contributed by atoms with van der Waals surface area (Å²) in [5.41, 5.74) is 0.836. The summed E-state index contributed by atoms with van der Waals surface area (Å²) in [7, 11) is 0. The Kier molecular flexibility index (Phi) is 6.03. The molecule has 0 bridgehead atoms. The van der Waals surface area contributed by atoms with E-state index < -0.39 is 16.8 Å². The second kappa shape index (κ2) is 9.18. The van der Waals surface area contributed by atoms with E-state index in [9.17, 15) is 29.3 Å². The Morgan fingerprint density at radius 1 is 0.944 bits per heavy atom. The lowest BCUT2D eigenvalue weighted by Gasteiger charge is -2.25. The van der Waals surface area contributed by atoms with Gasteiger partial charge in [-0.2, -0.15) is 0 Å². The number of amides is 3. The molecule has 1 saturated carbocycles. The predicted molar refractivity (Wildman–Crippen MR) is 128 cm³/mol. The molecule has 0 radical (unpaired) electrons. The smallest absolute Gasteiger partial charge is 0.316 e. The molecule has 186 valence electrons. The van der Waals surface area contributed by atoms with Crippen molar-refractivity contribution < 1.29 is 28.8 Å². The van der Waals surface area contributed by atoms with Crippen LogP contribution in [0, 0.1) is 33.8 Å². The first kappa shape index (κ1) is 23.7. The Bertz CT molecular complexity index is 1240. The van der Waals surface area contributed by atoms with Crippen molar-refractivity contribution in [3.05, 3.63) is 58.6 Å². The number of non-ortho nitro benzene ring substituents is 1. The number of nitro benzene ring substituents is 1. The van der Waals surface area contributed by atoms with Crippen LogP contribution >= 0.6 is 0 Å². The quantitative estimate of drug-likeness (QED) is 0.206. The van der Waals surface area contributed by atoms with Crippen LogP contribution in [-0.4, -0.2) is 35.2 Å². The Hall–Kier alpha value is -4.08. The molecule has 3 amide bonds. The van der Waals surface area contributed by atoms with E-state index in [1.807, 2.05) is 0 Å². The number of ether oxygens (including phenoxy) is 1. The van der Waals surface area contributed by atoms with Crippen molar-refractivity contribution in [3.63, 3.8) is 0 Å². The maximum atomic E-state index is 12.9. The number of imide groups is 1. The lowest BCUT2D eigenvalue weighted by Crippen LogP contribution is -2.30. The second-order valence-electron chi connectivity index (χ2n) is 9.74. The lowest BCUT2D eigenvalue weighted by molar-refractivity contribution is -0.384. The lowest BCUT2D eigenvalue weighted by atomic mass is 9.76. The SMILES string of the molecule is C[C@@H]1CC[C@@H]2C(=O)N(c3ccc(OC(=O)[C@H]4CC(=O)N(c5ccc([N+](=O)[O-])cc5)C4)cc3)C(=O)[C@@H]2C1. The molecule has 0 aromatic heterocycles. The number of esters is 1. The van der Waals surface area contributed by atoms with Crippen LogP contribution in [0.1, 0.15) is 32.6 Å². The van der Waals surface area contributed by atoms with Gasteiger partial charge in [0, 0.05) is 30.8 Å². The fraction of sp³-hybridized carbons (Fsp3) is 0.385. The third-order valence-corrected chi connectivity index (χ3v) is 7.33. The van der Waals surface area contributed by atoms with E-state index >= 15 is 0 Å². The molecule has 1 aliphatic carbocycles. The highest BCUT2D eigenvalue weighted by Gasteiger charge is 2.50. The first-order chi connectivity index (χ1) is 17.2. The van der Waals surface area contributed by atoms with Gasteiger partial charge in [-0.1, -0.05) is 6.92 Å². The maximum absolute atomic E-state index is 12.9. The molecule has 2 saturated heterocycles. The standard InChI is InChI=1S/C26H25N3O7/c1-15-2-11-21-22(12-15)25(32)28(24(21)31)18-7-9-20(10-8-18)36-26(33)16-13-23(30)27(14-16)17-3-5-19(6-4-17)29(34)35/h3-10,15-16,21-22H,2,11-14H2,1H3/t15-,16+,21+,22-/m1/s1. The van der Waals surface area contributed by atoms with Gasteiger partial charge in [0.2, 0.25) is 17.7 Å². The number of carbonyl (C=O) groups is 4. The average Bonchev–Trinajstić information content (AvgIpc) is 3.37. The molecule has 2 aliphatic heterocycles. The van der Waals surface area contributed by atoms with E-state index in [2.05, 4.69) is 6.92 Å². The molecule has 10 nitrogen and oxygen atoms in total. The third kappa shape index (κ3) is 4.23. The van der Waals surface area contributed by atoms with Crippen LogP contribution in [0.25, 0.3) is 0 Å². The molecule has 2 heterocycles. The van der Waals surface area contributed by atoms with Crippen molar-refractivity contribution in [3.8, 4) is 5.75 Å². The van der Waals surface area contributed by atoms with Crippen molar-refractivity contribution in [2.45, 2.75) is 32.6 Å². The van der Waals surface area contributed by atoms with Gasteiger partial charge in [-0.3, -0.25) is 34.2 Å². The first-order valence-corrected chi connectivity index (χ1v) is 12.0. The zero-order chi connectivity index (χ0) is 25.6. The van der Waals surface area contributed by atoms with E-state index in [-0.39, 0.29) is 54.0 Å². The van der Waals surface area contributed by atoms with E-state index in [0.717, 1.165) is 19.3 Å². The van der Waals surface area contributed by atoms with Crippen LogP contribution in [0.2, 0.25) is 0 Å². The molecular weight excluding hydrogens is 466 g/mol. The second-order valence-corrected chi connectivity index (χ2v) is 9.74. The molecule has 0 unspecified atom stereocenters. The van der Waals surface area contributed by atoms with E-state index in [1.165, 1.54) is 46.2 Å². The largest absolute Gasteiger partial charge is 0.426 e. The van der Waals surface area contributed by atoms with Crippen LogP contribution in [-0.2, 0) is 19.2 Å². The topological polar surface area (TPSA) is 127 Å². The first-order valence-electron chi connectivity index (χ1n) is 12.0. The number of hydrogen-bond donors (Lipinski definition) is 0. The Morgan fingerprint density at radius 3 is 2.25 bits per heavy atom. The number of fused-ring (bicyclic) bond motifs is 1. The van der Waals surface area contributed by atoms with Gasteiger partial charge in [-0.25, -0.2) is 0 Å². The molecular formula is C26H25N3O7. The normalized spacial score (nSPS) is 25.8. The van der Waals surface area contributed by atoms with Crippen molar-refractivity contribution in [1.82, 2.24) is 0 Å². The summed E-state index contributed by atoms with van der Waals surface area (Å²) in [6.45, 7) is 2.20. The minimum Gasteiger partial charge on any atom is -0.426 e. The fourth-order valence-corrected chi connectivity index (χ4v) is 5.38. The van der Waals surface area contributed by atoms with E-state index in [1.54, 1.807) is 12.1 Å². The van der Waals surface area contributed by atoms with Crippen LogP contribution in [0.15, 0.2) is 48.5 Å². The highest BCUT2D eigenvalue weighted by Crippen LogP contribution is 2.42. The third-order valence-electron chi connectivity index (χ3n) is 7.33. The molecule has 3 fully saturated rings. The zero-order valence-corrected chi connectivity index (χ0v) is 19.7. The molecule has 3 aliphatic rings. The van der Waals surface area contributed by atoms with Gasteiger partial charge < -0.3 is 9.64 Å². The van der Waals surface area contributed by atoms with Crippen LogP contribution in [0.3, 0.4) is 0 Å². The fourth-order valence-electron chi connectivity index (χ4n) is 5.38. The molecule has 0 N–H and O–H groups in total. The van der Waals surface area contributed by atoms with Crippen molar-refractivity contribution in [2.24, 2.45) is 23.7 Å². The molecule has 0 spiro atoms. The Morgan fingerprint density at radius 2 is 1.58 bits per heavy atom. The van der Waals surface area contributed by atoms with E-state index in [0.29, 0.717) is 17.3 Å². The molecule has 2 aromatic rings. The van der Waals surface area contributed by atoms with Crippen LogP contribution in [0.4, 0.5) is 17.1 Å². The average molecular weight is 492 g/mol. The summed E-state index contributed by atoms with van der Waals surface area (Å²) in [4.78, 5) is 63.9. The number of benzene rings is 2.